The van der Waals surface area contributed by atoms with Gasteiger partial charge in [-0.25, -0.2) is 4.39 Å². The lowest BCUT2D eigenvalue weighted by atomic mass is 10.1. The smallest absolute Gasteiger partial charge is 0.254 e. The third kappa shape index (κ3) is 5.39. The van der Waals surface area contributed by atoms with Gasteiger partial charge in [0.25, 0.3) is 5.91 Å². The Labute approximate surface area is 161 Å². The van der Waals surface area contributed by atoms with Gasteiger partial charge in [-0.3, -0.25) is 14.5 Å². The van der Waals surface area contributed by atoms with Crippen LogP contribution in [0.2, 0.25) is 0 Å². The van der Waals surface area contributed by atoms with Gasteiger partial charge in [0.05, 0.1) is 11.6 Å². The predicted octanol–water partition coefficient (Wildman–Crippen LogP) is 2.83. The SMILES string of the molecule is CCN(CC)C(=O)[C@@H]1C[C@H](NC(=O)c2ccccc2F)CN1CC=C(C)C. The van der Waals surface area contributed by atoms with Crippen LogP contribution >= 0.6 is 0 Å². The van der Waals surface area contributed by atoms with Gasteiger partial charge < -0.3 is 10.2 Å². The summed E-state index contributed by atoms with van der Waals surface area (Å²) in [5.74, 6) is -0.883. The molecule has 5 nitrogen and oxygen atoms in total. The van der Waals surface area contributed by atoms with Crippen molar-refractivity contribution in [3.63, 3.8) is 0 Å². The fraction of sp³-hybridized carbons (Fsp3) is 0.524. The number of carbonyl (C=O) groups excluding carboxylic acids is 2. The van der Waals surface area contributed by atoms with Crippen molar-refractivity contribution in [1.82, 2.24) is 15.1 Å². The zero-order valence-corrected chi connectivity index (χ0v) is 16.7. The van der Waals surface area contributed by atoms with Gasteiger partial charge >= 0.3 is 0 Å². The number of allylic oxidation sites excluding steroid dienone is 1. The van der Waals surface area contributed by atoms with Crippen molar-refractivity contribution < 1.29 is 14.0 Å². The second-order valence-corrected chi connectivity index (χ2v) is 7.15. The van der Waals surface area contributed by atoms with E-state index in [0.717, 1.165) is 0 Å². The van der Waals surface area contributed by atoms with E-state index in [1.165, 1.54) is 17.7 Å². The van der Waals surface area contributed by atoms with Crippen LogP contribution in [0.5, 0.6) is 0 Å². The Balaban J connectivity index is 2.13. The van der Waals surface area contributed by atoms with E-state index in [2.05, 4.69) is 16.3 Å². The molecular weight excluding hydrogens is 345 g/mol. The molecule has 1 heterocycles. The number of rotatable bonds is 7. The molecule has 27 heavy (non-hydrogen) atoms. The Morgan fingerprint density at radius 2 is 1.93 bits per heavy atom. The third-order valence-corrected chi connectivity index (χ3v) is 4.95. The minimum atomic E-state index is -0.537. The van der Waals surface area contributed by atoms with E-state index in [-0.39, 0.29) is 23.6 Å². The molecule has 1 fully saturated rings. The molecule has 2 amide bonds. The van der Waals surface area contributed by atoms with Gasteiger partial charge in [-0.2, -0.15) is 0 Å². The number of likely N-dealkylation sites (N-methyl/N-ethyl adjacent to an activating group) is 1. The number of likely N-dealkylation sites (tertiary alicyclic amines) is 1. The molecular formula is C21H30FN3O2. The average molecular weight is 375 g/mol. The number of hydrogen-bond acceptors (Lipinski definition) is 3. The monoisotopic (exact) mass is 375 g/mol. The highest BCUT2D eigenvalue weighted by atomic mass is 19.1. The first-order valence-electron chi connectivity index (χ1n) is 9.58. The maximum Gasteiger partial charge on any atom is 0.254 e. The topological polar surface area (TPSA) is 52.7 Å². The van der Waals surface area contributed by atoms with Gasteiger partial charge in [-0.1, -0.05) is 23.8 Å². The first kappa shape index (κ1) is 21.1. The van der Waals surface area contributed by atoms with Crippen molar-refractivity contribution in [2.24, 2.45) is 0 Å². The lowest BCUT2D eigenvalue weighted by Gasteiger charge is -2.28. The molecule has 0 bridgehead atoms. The van der Waals surface area contributed by atoms with Crippen molar-refractivity contribution in [1.29, 1.82) is 0 Å². The number of halogens is 1. The molecule has 1 saturated heterocycles. The van der Waals surface area contributed by atoms with Gasteiger partial charge in [0.1, 0.15) is 5.82 Å². The molecule has 6 heteroatoms. The van der Waals surface area contributed by atoms with Crippen molar-refractivity contribution in [2.75, 3.05) is 26.2 Å². The number of hydrogen-bond donors (Lipinski definition) is 1. The van der Waals surface area contributed by atoms with Crippen molar-refractivity contribution in [3.8, 4) is 0 Å². The first-order chi connectivity index (χ1) is 12.9. The van der Waals surface area contributed by atoms with Gasteiger partial charge in [0, 0.05) is 32.2 Å². The quantitative estimate of drug-likeness (QED) is 0.746. The number of carbonyl (C=O) groups is 2. The molecule has 0 unspecified atom stereocenters. The van der Waals surface area contributed by atoms with Crippen LogP contribution in [-0.4, -0.2) is 59.9 Å². The normalized spacial score (nSPS) is 19.6. The maximum atomic E-state index is 13.9. The highest BCUT2D eigenvalue weighted by molar-refractivity contribution is 5.94. The zero-order valence-electron chi connectivity index (χ0n) is 16.7. The van der Waals surface area contributed by atoms with Gasteiger partial charge in [0.2, 0.25) is 5.91 Å². The molecule has 1 aromatic carbocycles. The molecule has 148 valence electrons. The van der Waals surface area contributed by atoms with Gasteiger partial charge in [-0.15, -0.1) is 0 Å². The molecule has 0 radical (unpaired) electrons. The van der Waals surface area contributed by atoms with Crippen molar-refractivity contribution >= 4 is 11.8 Å². The van der Waals surface area contributed by atoms with E-state index in [1.807, 2.05) is 32.6 Å². The summed E-state index contributed by atoms with van der Waals surface area (Å²) in [4.78, 5) is 29.3. The first-order valence-corrected chi connectivity index (χ1v) is 9.58. The van der Waals surface area contributed by atoms with Crippen LogP contribution in [0.3, 0.4) is 0 Å². The van der Waals surface area contributed by atoms with E-state index in [0.29, 0.717) is 32.6 Å². The molecule has 1 N–H and O–H groups in total. The highest BCUT2D eigenvalue weighted by Gasteiger charge is 2.38. The Morgan fingerprint density at radius 3 is 2.52 bits per heavy atom. The zero-order chi connectivity index (χ0) is 20.0. The van der Waals surface area contributed by atoms with Gasteiger partial charge in [0.15, 0.2) is 0 Å². The number of benzene rings is 1. The van der Waals surface area contributed by atoms with Crippen LogP contribution in [0.25, 0.3) is 0 Å². The van der Waals surface area contributed by atoms with E-state index >= 15 is 0 Å². The number of nitrogens with zero attached hydrogens (tertiary/aromatic N) is 2. The van der Waals surface area contributed by atoms with Crippen molar-refractivity contribution in [3.05, 3.63) is 47.3 Å². The summed E-state index contributed by atoms with van der Waals surface area (Å²) in [5, 5.41) is 2.90. The molecule has 2 atom stereocenters. The minimum absolute atomic E-state index is 0.0341. The largest absolute Gasteiger partial charge is 0.348 e. The highest BCUT2D eigenvalue weighted by Crippen LogP contribution is 2.21. The second-order valence-electron chi connectivity index (χ2n) is 7.15. The fourth-order valence-electron chi connectivity index (χ4n) is 3.42. The Bertz CT molecular complexity index is 696. The summed E-state index contributed by atoms with van der Waals surface area (Å²) >= 11 is 0. The lowest BCUT2D eigenvalue weighted by molar-refractivity contribution is -0.135. The third-order valence-electron chi connectivity index (χ3n) is 4.95. The Morgan fingerprint density at radius 1 is 1.26 bits per heavy atom. The van der Waals surface area contributed by atoms with E-state index < -0.39 is 11.7 Å². The van der Waals surface area contributed by atoms with E-state index in [9.17, 15) is 14.0 Å². The second kappa shape index (κ2) is 9.65. The van der Waals surface area contributed by atoms with Crippen LogP contribution in [0, 0.1) is 5.82 Å². The molecule has 0 aliphatic carbocycles. The van der Waals surface area contributed by atoms with E-state index in [1.54, 1.807) is 12.1 Å². The summed E-state index contributed by atoms with van der Waals surface area (Å²) in [6.07, 6.45) is 2.62. The van der Waals surface area contributed by atoms with Crippen LogP contribution in [0.1, 0.15) is 44.5 Å². The molecule has 1 aromatic rings. The molecule has 2 rings (SSSR count). The molecule has 0 saturated carbocycles. The molecule has 1 aliphatic rings. The predicted molar refractivity (Wildman–Crippen MR) is 105 cm³/mol. The van der Waals surface area contributed by atoms with Crippen LogP contribution < -0.4 is 5.32 Å². The molecule has 0 spiro atoms. The van der Waals surface area contributed by atoms with Crippen molar-refractivity contribution in [2.45, 2.75) is 46.2 Å². The average Bonchev–Trinajstić information content (AvgIpc) is 3.03. The van der Waals surface area contributed by atoms with Crippen LogP contribution in [-0.2, 0) is 4.79 Å². The summed E-state index contributed by atoms with van der Waals surface area (Å²) in [6.45, 7) is 10.5. The molecule has 0 aromatic heterocycles. The Kier molecular flexibility index (Phi) is 7.54. The maximum absolute atomic E-state index is 13.9. The summed E-state index contributed by atoms with van der Waals surface area (Å²) < 4.78 is 13.9. The summed E-state index contributed by atoms with van der Waals surface area (Å²) in [7, 11) is 0. The lowest BCUT2D eigenvalue weighted by Crippen LogP contribution is -2.45. The standard InChI is InChI=1S/C21H30FN3O2/c1-5-24(6-2)21(27)19-13-16(14-25(19)12-11-15(3)4)23-20(26)17-9-7-8-10-18(17)22/h7-11,16,19H,5-6,12-14H2,1-4H3,(H,23,26)/t16-,19-/m0/s1. The summed E-state index contributed by atoms with van der Waals surface area (Å²) in [6, 6.07) is 5.48. The number of amides is 2. The van der Waals surface area contributed by atoms with Crippen LogP contribution in [0.15, 0.2) is 35.9 Å². The van der Waals surface area contributed by atoms with Gasteiger partial charge in [-0.05, 0) is 46.2 Å². The minimum Gasteiger partial charge on any atom is -0.348 e. The summed E-state index contributed by atoms with van der Waals surface area (Å²) in [5.41, 5.74) is 1.22. The fourth-order valence-corrected chi connectivity index (χ4v) is 3.42. The molecule has 1 aliphatic heterocycles. The van der Waals surface area contributed by atoms with Crippen LogP contribution in [0.4, 0.5) is 4.39 Å². The number of nitrogens with one attached hydrogen (secondary N) is 1. The van der Waals surface area contributed by atoms with E-state index in [4.69, 9.17) is 0 Å². The Hall–Kier alpha value is -2.21.